The molecule has 27 heavy (non-hydrogen) atoms. The first kappa shape index (κ1) is 19.5. The molecule has 7 heteroatoms. The third kappa shape index (κ3) is 4.73. The molecule has 1 aromatic carbocycles. The van der Waals surface area contributed by atoms with Crippen LogP contribution in [0.5, 0.6) is 5.75 Å². The van der Waals surface area contributed by atoms with Gasteiger partial charge < -0.3 is 9.47 Å². The molecule has 2 aliphatic heterocycles. The molecule has 2 heterocycles. The normalized spacial score (nSPS) is 21.5. The highest BCUT2D eigenvalue weighted by Crippen LogP contribution is 2.26. The number of hydrogen-bond donors (Lipinski definition) is 0. The van der Waals surface area contributed by atoms with Crippen molar-refractivity contribution in [3.05, 3.63) is 24.3 Å². The number of carbonyl (C=O) groups excluding carboxylic acids is 1. The molecule has 1 fully saturated rings. The van der Waals surface area contributed by atoms with Gasteiger partial charge in [0, 0.05) is 31.9 Å². The van der Waals surface area contributed by atoms with Crippen LogP contribution in [-0.4, -0.2) is 68.7 Å². The van der Waals surface area contributed by atoms with E-state index in [1.807, 2.05) is 38.1 Å². The van der Waals surface area contributed by atoms with Crippen molar-refractivity contribution in [3.8, 4) is 5.75 Å². The Hall–Kier alpha value is -2.25. The topological polar surface area (TPSA) is 66.7 Å². The van der Waals surface area contributed by atoms with Crippen LogP contribution >= 0.6 is 0 Å². The molecule has 146 valence electrons. The summed E-state index contributed by atoms with van der Waals surface area (Å²) in [4.78, 5) is 19.9. The summed E-state index contributed by atoms with van der Waals surface area (Å²) in [5, 5.41) is 5.92. The lowest BCUT2D eigenvalue weighted by molar-refractivity contribution is -0.118. The van der Waals surface area contributed by atoms with E-state index in [2.05, 4.69) is 15.0 Å². The first-order valence-corrected chi connectivity index (χ1v) is 9.44. The maximum atomic E-state index is 12.9. The average molecular weight is 372 g/mol. The Morgan fingerprint density at radius 2 is 2.00 bits per heavy atom. The van der Waals surface area contributed by atoms with E-state index in [1.54, 1.807) is 7.11 Å². The van der Waals surface area contributed by atoms with Crippen molar-refractivity contribution in [1.29, 1.82) is 0 Å². The van der Waals surface area contributed by atoms with Gasteiger partial charge in [0.1, 0.15) is 11.7 Å². The Morgan fingerprint density at radius 1 is 1.30 bits per heavy atom. The predicted molar refractivity (Wildman–Crippen MR) is 107 cm³/mol. The molecule has 0 spiro atoms. The summed E-state index contributed by atoms with van der Waals surface area (Å²) in [5.41, 5.74) is 2.35. The molecule has 1 aromatic rings. The van der Waals surface area contributed by atoms with E-state index in [0.717, 1.165) is 68.7 Å². The van der Waals surface area contributed by atoms with Crippen LogP contribution in [0.4, 0.5) is 5.69 Å². The van der Waals surface area contributed by atoms with Crippen molar-refractivity contribution in [2.24, 2.45) is 16.0 Å². The zero-order chi connectivity index (χ0) is 19.2. The minimum Gasteiger partial charge on any atom is -0.497 e. The van der Waals surface area contributed by atoms with Gasteiger partial charge in [0.2, 0.25) is 0 Å². The van der Waals surface area contributed by atoms with Crippen LogP contribution in [-0.2, 0) is 9.53 Å². The number of benzene rings is 1. The van der Waals surface area contributed by atoms with Crippen molar-refractivity contribution < 1.29 is 14.3 Å². The van der Waals surface area contributed by atoms with E-state index in [9.17, 15) is 4.79 Å². The number of hydrogen-bond acceptors (Lipinski definition) is 6. The quantitative estimate of drug-likeness (QED) is 0.544. The largest absolute Gasteiger partial charge is 0.497 e. The molecule has 1 amide bonds. The Labute approximate surface area is 160 Å². The first-order chi connectivity index (χ1) is 13.1. The third-order valence-electron chi connectivity index (χ3n) is 4.96. The van der Waals surface area contributed by atoms with Gasteiger partial charge in [-0.2, -0.15) is 10.1 Å². The zero-order valence-corrected chi connectivity index (χ0v) is 16.4. The molecular weight excluding hydrogens is 344 g/mol. The Bertz CT molecular complexity index is 708. The van der Waals surface area contributed by atoms with Crippen LogP contribution in [0.15, 0.2) is 34.4 Å². The number of hydrazone groups is 1. The molecule has 2 aliphatic rings. The summed E-state index contributed by atoms with van der Waals surface area (Å²) in [6.45, 7) is 9.17. The molecule has 0 radical (unpaired) electrons. The van der Waals surface area contributed by atoms with Gasteiger partial charge in [0.15, 0.2) is 0 Å². The summed E-state index contributed by atoms with van der Waals surface area (Å²) in [6, 6.07) is 7.33. The van der Waals surface area contributed by atoms with E-state index < -0.39 is 0 Å². The minimum atomic E-state index is -0.365. The molecule has 0 bridgehead atoms. The van der Waals surface area contributed by atoms with Gasteiger partial charge in [-0.3, -0.25) is 14.7 Å². The molecule has 3 rings (SSSR count). The van der Waals surface area contributed by atoms with E-state index in [1.165, 1.54) is 5.01 Å². The van der Waals surface area contributed by atoms with Gasteiger partial charge >= 0.3 is 0 Å². The zero-order valence-electron chi connectivity index (χ0n) is 16.4. The van der Waals surface area contributed by atoms with Crippen LogP contribution in [0.25, 0.3) is 0 Å². The van der Waals surface area contributed by atoms with Gasteiger partial charge in [-0.05, 0) is 44.5 Å². The van der Waals surface area contributed by atoms with Crippen LogP contribution in [0, 0.1) is 5.92 Å². The van der Waals surface area contributed by atoms with Crippen molar-refractivity contribution in [1.82, 2.24) is 4.90 Å². The molecule has 0 aromatic heterocycles. The fourth-order valence-corrected chi connectivity index (χ4v) is 3.42. The number of amides is 1. The van der Waals surface area contributed by atoms with Gasteiger partial charge in [-0.1, -0.05) is 0 Å². The Kier molecular flexibility index (Phi) is 6.58. The number of carbonyl (C=O) groups is 1. The fraction of sp³-hybridized carbons (Fsp3) is 0.550. The standard InChI is InChI=1S/C20H28N4O3/c1-15(21-9-4-10-23-11-13-27-14-12-23)19-16(2)22-24(20(19)25)17-5-7-18(26-3)8-6-17/h5-8,19H,4,9-14H2,1-3H3/t19-/m1/s1. The minimum absolute atomic E-state index is 0.0490. The van der Waals surface area contributed by atoms with Crippen molar-refractivity contribution >= 4 is 23.0 Å². The van der Waals surface area contributed by atoms with Crippen LogP contribution in [0.2, 0.25) is 0 Å². The fourth-order valence-electron chi connectivity index (χ4n) is 3.42. The molecule has 0 N–H and O–H groups in total. The lowest BCUT2D eigenvalue weighted by atomic mass is 9.99. The average Bonchev–Trinajstić information content (AvgIpc) is 3.00. The third-order valence-corrected chi connectivity index (χ3v) is 4.96. The summed E-state index contributed by atoms with van der Waals surface area (Å²) in [6.07, 6.45) is 0.983. The molecular formula is C20H28N4O3. The summed E-state index contributed by atoms with van der Waals surface area (Å²) in [7, 11) is 1.62. The molecule has 1 saturated heterocycles. The molecule has 0 aliphatic carbocycles. The summed E-state index contributed by atoms with van der Waals surface area (Å²) < 4.78 is 10.5. The van der Waals surface area contributed by atoms with Crippen molar-refractivity contribution in [2.75, 3.05) is 51.5 Å². The van der Waals surface area contributed by atoms with E-state index in [4.69, 9.17) is 9.47 Å². The lowest BCUT2D eigenvalue weighted by Gasteiger charge is -2.26. The van der Waals surface area contributed by atoms with Gasteiger partial charge in [-0.15, -0.1) is 0 Å². The second-order valence-corrected chi connectivity index (χ2v) is 6.85. The second-order valence-electron chi connectivity index (χ2n) is 6.85. The van der Waals surface area contributed by atoms with Crippen LogP contribution in [0.1, 0.15) is 20.3 Å². The maximum Gasteiger partial charge on any atom is 0.261 e. The summed E-state index contributed by atoms with van der Waals surface area (Å²) in [5.74, 6) is 0.336. The Morgan fingerprint density at radius 3 is 2.67 bits per heavy atom. The van der Waals surface area contributed by atoms with Crippen LogP contribution in [0.3, 0.4) is 0 Å². The number of aliphatic imine (C=N–C) groups is 1. The second kappa shape index (κ2) is 9.10. The number of rotatable bonds is 7. The highest BCUT2D eigenvalue weighted by molar-refractivity contribution is 6.27. The lowest BCUT2D eigenvalue weighted by Crippen LogP contribution is -2.37. The SMILES string of the molecule is COc1ccc(N2N=C(C)[C@@H](C(C)=NCCCN3CCOCC3)C2=O)cc1. The smallest absolute Gasteiger partial charge is 0.261 e. The van der Waals surface area contributed by atoms with E-state index in [-0.39, 0.29) is 11.8 Å². The predicted octanol–water partition coefficient (Wildman–Crippen LogP) is 2.22. The van der Waals surface area contributed by atoms with E-state index >= 15 is 0 Å². The molecule has 0 saturated carbocycles. The molecule has 1 atom stereocenters. The van der Waals surface area contributed by atoms with Crippen LogP contribution < -0.4 is 9.75 Å². The van der Waals surface area contributed by atoms with E-state index in [0.29, 0.717) is 0 Å². The first-order valence-electron chi connectivity index (χ1n) is 9.44. The van der Waals surface area contributed by atoms with Gasteiger partial charge in [-0.25, -0.2) is 0 Å². The Balaban J connectivity index is 1.57. The summed E-state index contributed by atoms with van der Waals surface area (Å²) >= 11 is 0. The highest BCUT2D eigenvalue weighted by atomic mass is 16.5. The number of anilines is 1. The van der Waals surface area contributed by atoms with Crippen molar-refractivity contribution in [2.45, 2.75) is 20.3 Å². The van der Waals surface area contributed by atoms with Crippen molar-refractivity contribution in [3.63, 3.8) is 0 Å². The monoisotopic (exact) mass is 372 g/mol. The molecule has 0 unspecified atom stereocenters. The number of morpholine rings is 1. The molecule has 7 nitrogen and oxygen atoms in total. The van der Waals surface area contributed by atoms with Gasteiger partial charge in [0.05, 0.1) is 31.7 Å². The number of nitrogens with zero attached hydrogens (tertiary/aromatic N) is 4. The highest BCUT2D eigenvalue weighted by Gasteiger charge is 2.36. The maximum absolute atomic E-state index is 12.9. The number of ether oxygens (including phenoxy) is 2. The number of methoxy groups -OCH3 is 1. The van der Waals surface area contributed by atoms with Gasteiger partial charge in [0.25, 0.3) is 5.91 Å².